The molecule has 4 nitrogen and oxygen atoms in total. The lowest BCUT2D eigenvalue weighted by Gasteiger charge is -2.07. The predicted octanol–water partition coefficient (Wildman–Crippen LogP) is 2.49. The smallest absolute Gasteiger partial charge is 0.174 e. The maximum Gasteiger partial charge on any atom is 0.174 e. The van der Waals surface area contributed by atoms with Crippen molar-refractivity contribution in [1.29, 1.82) is 0 Å². The van der Waals surface area contributed by atoms with E-state index in [-0.39, 0.29) is 6.04 Å². The van der Waals surface area contributed by atoms with Crippen molar-refractivity contribution in [1.82, 2.24) is 14.3 Å². The van der Waals surface area contributed by atoms with Gasteiger partial charge in [-0.3, -0.25) is 4.98 Å². The maximum absolute atomic E-state index is 5.89. The molecular formula is C10H12N4S2. The molecule has 2 aromatic rings. The Morgan fingerprint density at radius 1 is 1.44 bits per heavy atom. The summed E-state index contributed by atoms with van der Waals surface area (Å²) in [6.45, 7) is 2.05. The topological polar surface area (TPSA) is 64.7 Å². The first kappa shape index (κ1) is 11.5. The van der Waals surface area contributed by atoms with E-state index in [0.717, 1.165) is 21.3 Å². The second kappa shape index (κ2) is 5.38. The second-order valence-electron chi connectivity index (χ2n) is 3.24. The molecule has 0 aliphatic carbocycles. The van der Waals surface area contributed by atoms with Crippen molar-refractivity contribution in [2.45, 2.75) is 28.6 Å². The van der Waals surface area contributed by atoms with Crippen LogP contribution in [0.15, 0.2) is 33.9 Å². The van der Waals surface area contributed by atoms with Crippen LogP contribution in [0.2, 0.25) is 0 Å². The van der Waals surface area contributed by atoms with Crippen LogP contribution in [0.1, 0.15) is 25.1 Å². The summed E-state index contributed by atoms with van der Waals surface area (Å²) in [5.41, 5.74) is 6.83. The van der Waals surface area contributed by atoms with Gasteiger partial charge in [0, 0.05) is 17.1 Å². The fraction of sp³-hybridized carbons (Fsp3) is 0.300. The third-order valence-electron chi connectivity index (χ3n) is 2.13. The monoisotopic (exact) mass is 252 g/mol. The first-order valence-electron chi connectivity index (χ1n) is 4.95. The number of aromatic nitrogens is 3. The molecule has 16 heavy (non-hydrogen) atoms. The molecule has 2 N–H and O–H groups in total. The van der Waals surface area contributed by atoms with Gasteiger partial charge in [0.15, 0.2) is 4.34 Å². The molecular weight excluding hydrogens is 240 g/mol. The minimum Gasteiger partial charge on any atom is -0.323 e. The number of nitrogens with two attached hydrogens (primary N) is 1. The minimum atomic E-state index is 0.0283. The Bertz CT molecular complexity index is 427. The zero-order valence-corrected chi connectivity index (χ0v) is 10.5. The summed E-state index contributed by atoms with van der Waals surface area (Å²) < 4.78 is 4.87. The third kappa shape index (κ3) is 2.78. The maximum atomic E-state index is 5.89. The molecule has 6 heteroatoms. The van der Waals surface area contributed by atoms with E-state index in [1.54, 1.807) is 18.1 Å². The van der Waals surface area contributed by atoms with Crippen molar-refractivity contribution < 1.29 is 0 Å². The zero-order valence-electron chi connectivity index (χ0n) is 8.83. The first-order valence-corrected chi connectivity index (χ1v) is 6.54. The van der Waals surface area contributed by atoms with E-state index in [9.17, 15) is 0 Å². The van der Waals surface area contributed by atoms with Crippen molar-refractivity contribution in [3.8, 4) is 0 Å². The molecule has 2 aromatic heterocycles. The van der Waals surface area contributed by atoms with E-state index in [0.29, 0.717) is 0 Å². The van der Waals surface area contributed by atoms with Crippen molar-refractivity contribution >= 4 is 23.3 Å². The van der Waals surface area contributed by atoms with E-state index in [4.69, 9.17) is 5.73 Å². The molecule has 0 spiro atoms. The van der Waals surface area contributed by atoms with Crippen LogP contribution < -0.4 is 5.73 Å². The average molecular weight is 252 g/mol. The van der Waals surface area contributed by atoms with Crippen LogP contribution >= 0.6 is 23.3 Å². The van der Waals surface area contributed by atoms with Crippen LogP contribution in [0.5, 0.6) is 0 Å². The summed E-state index contributed by atoms with van der Waals surface area (Å²) in [4.78, 5) is 9.50. The lowest BCUT2D eigenvalue weighted by atomic mass is 10.1. The van der Waals surface area contributed by atoms with E-state index < -0.39 is 0 Å². The summed E-state index contributed by atoms with van der Waals surface area (Å²) in [5.74, 6) is 0. The summed E-state index contributed by atoms with van der Waals surface area (Å²) in [5, 5.41) is 0. The van der Waals surface area contributed by atoms with Gasteiger partial charge in [-0.05, 0) is 30.1 Å². The quantitative estimate of drug-likeness (QED) is 0.905. The number of pyridine rings is 1. The molecule has 0 saturated carbocycles. The lowest BCUT2D eigenvalue weighted by molar-refractivity contribution is 0.674. The average Bonchev–Trinajstić information content (AvgIpc) is 2.82. The molecule has 2 rings (SSSR count). The predicted molar refractivity (Wildman–Crippen MR) is 65.5 cm³/mol. The lowest BCUT2D eigenvalue weighted by Crippen LogP contribution is -2.10. The third-order valence-corrected chi connectivity index (χ3v) is 3.82. The summed E-state index contributed by atoms with van der Waals surface area (Å²) in [6.07, 6.45) is 4.29. The van der Waals surface area contributed by atoms with Gasteiger partial charge in [-0.1, -0.05) is 18.7 Å². The van der Waals surface area contributed by atoms with Crippen LogP contribution in [0.3, 0.4) is 0 Å². The standard InChI is InChI=1S/C10H12N4S2/c1-2-8(11)9-4-3-7(5-12-9)15-10-13-6-14-16-10/h3-6,8H,2,11H2,1H3/t8-/m1/s1. The zero-order chi connectivity index (χ0) is 11.4. The SMILES string of the molecule is CC[C@@H](N)c1ccc(Sc2ncns2)cn1. The van der Waals surface area contributed by atoms with Crippen LogP contribution in [0.25, 0.3) is 0 Å². The van der Waals surface area contributed by atoms with Crippen LogP contribution in [-0.2, 0) is 0 Å². The highest BCUT2D eigenvalue weighted by atomic mass is 32.2. The van der Waals surface area contributed by atoms with Gasteiger partial charge in [0.1, 0.15) is 6.33 Å². The van der Waals surface area contributed by atoms with Crippen molar-refractivity contribution in [3.05, 3.63) is 30.4 Å². The van der Waals surface area contributed by atoms with Crippen LogP contribution in [-0.4, -0.2) is 14.3 Å². The Labute approximate surface area is 102 Å². The Kier molecular flexibility index (Phi) is 3.87. The molecule has 84 valence electrons. The van der Waals surface area contributed by atoms with Gasteiger partial charge in [0.25, 0.3) is 0 Å². The van der Waals surface area contributed by atoms with Gasteiger partial charge in [-0.25, -0.2) is 4.98 Å². The molecule has 2 heterocycles. The fourth-order valence-corrected chi connectivity index (χ4v) is 2.58. The summed E-state index contributed by atoms with van der Waals surface area (Å²) in [6, 6.07) is 4.02. The summed E-state index contributed by atoms with van der Waals surface area (Å²) in [7, 11) is 0. The number of nitrogens with zero attached hydrogens (tertiary/aromatic N) is 3. The molecule has 0 saturated heterocycles. The van der Waals surface area contributed by atoms with Gasteiger partial charge in [0.05, 0.1) is 5.69 Å². The molecule has 0 radical (unpaired) electrons. The number of rotatable bonds is 4. The largest absolute Gasteiger partial charge is 0.323 e. The van der Waals surface area contributed by atoms with E-state index in [2.05, 4.69) is 21.3 Å². The molecule has 0 bridgehead atoms. The molecule has 0 aromatic carbocycles. The van der Waals surface area contributed by atoms with E-state index in [1.807, 2.05) is 18.3 Å². The summed E-state index contributed by atoms with van der Waals surface area (Å²) >= 11 is 2.95. The van der Waals surface area contributed by atoms with Gasteiger partial charge in [0.2, 0.25) is 0 Å². The highest BCUT2D eigenvalue weighted by molar-refractivity contribution is 8.01. The Balaban J connectivity index is 2.07. The molecule has 0 aliphatic heterocycles. The van der Waals surface area contributed by atoms with E-state index in [1.165, 1.54) is 11.5 Å². The molecule has 1 atom stereocenters. The molecule has 0 amide bonds. The molecule has 0 unspecified atom stereocenters. The van der Waals surface area contributed by atoms with Crippen LogP contribution in [0, 0.1) is 0 Å². The van der Waals surface area contributed by atoms with Crippen molar-refractivity contribution in [2.24, 2.45) is 5.73 Å². The highest BCUT2D eigenvalue weighted by Gasteiger charge is 2.05. The number of hydrogen-bond donors (Lipinski definition) is 1. The fourth-order valence-electron chi connectivity index (χ4n) is 1.19. The minimum absolute atomic E-state index is 0.0283. The highest BCUT2D eigenvalue weighted by Crippen LogP contribution is 2.27. The van der Waals surface area contributed by atoms with Gasteiger partial charge in [-0.15, -0.1) is 0 Å². The second-order valence-corrected chi connectivity index (χ2v) is 5.34. The van der Waals surface area contributed by atoms with E-state index >= 15 is 0 Å². The van der Waals surface area contributed by atoms with Gasteiger partial charge < -0.3 is 5.73 Å². The molecule has 0 aliphatic rings. The Morgan fingerprint density at radius 2 is 2.31 bits per heavy atom. The van der Waals surface area contributed by atoms with Crippen LogP contribution in [0.4, 0.5) is 0 Å². The Hall–Kier alpha value is -0.980. The first-order chi connectivity index (χ1) is 7.79. The molecule has 0 fully saturated rings. The Morgan fingerprint density at radius 3 is 2.88 bits per heavy atom. The van der Waals surface area contributed by atoms with Gasteiger partial charge >= 0.3 is 0 Å². The normalized spacial score (nSPS) is 12.6. The van der Waals surface area contributed by atoms with Crippen molar-refractivity contribution in [3.63, 3.8) is 0 Å². The van der Waals surface area contributed by atoms with Gasteiger partial charge in [-0.2, -0.15) is 4.37 Å². The van der Waals surface area contributed by atoms with Crippen molar-refractivity contribution in [2.75, 3.05) is 0 Å². The number of hydrogen-bond acceptors (Lipinski definition) is 6.